The molecule has 172 valence electrons. The molecule has 0 aliphatic heterocycles. The predicted octanol–water partition coefficient (Wildman–Crippen LogP) is 5.07. The van der Waals surface area contributed by atoms with Crippen LogP contribution >= 0.6 is 23.3 Å². The first-order chi connectivity index (χ1) is 15.4. The molecule has 11 heteroatoms. The van der Waals surface area contributed by atoms with Crippen LogP contribution in [0.2, 0.25) is 0 Å². The average Bonchev–Trinajstić information content (AvgIpc) is 3.34. The van der Waals surface area contributed by atoms with Gasteiger partial charge in [0.1, 0.15) is 28.1 Å². The summed E-state index contributed by atoms with van der Waals surface area (Å²) in [6, 6.07) is 5.50. The van der Waals surface area contributed by atoms with E-state index in [1.54, 1.807) is 0 Å². The Morgan fingerprint density at radius 2 is 1.97 bits per heavy atom. The summed E-state index contributed by atoms with van der Waals surface area (Å²) in [5, 5.41) is 12.7. The number of thiazole rings is 1. The van der Waals surface area contributed by atoms with Crippen LogP contribution in [-0.4, -0.2) is 22.0 Å². The fraction of sp³-hybridized carbons (Fsp3) is 0.381. The Morgan fingerprint density at radius 1 is 1.28 bits per heavy atom. The van der Waals surface area contributed by atoms with Gasteiger partial charge in [0.05, 0.1) is 17.0 Å². The van der Waals surface area contributed by atoms with E-state index in [2.05, 4.69) is 15.5 Å². The molecule has 3 aromatic rings. The Labute approximate surface area is 193 Å². The number of hydrogen-bond donors (Lipinski definition) is 3. The van der Waals surface area contributed by atoms with Crippen molar-refractivity contribution in [1.29, 1.82) is 0 Å². The maximum Gasteiger partial charge on any atom is 0.212 e. The van der Waals surface area contributed by atoms with Gasteiger partial charge in [-0.1, -0.05) is 53.8 Å². The molecule has 0 saturated heterocycles. The van der Waals surface area contributed by atoms with E-state index in [-0.39, 0.29) is 10.7 Å². The van der Waals surface area contributed by atoms with Crippen molar-refractivity contribution in [3.8, 4) is 0 Å². The van der Waals surface area contributed by atoms with Gasteiger partial charge < -0.3 is 15.6 Å². The summed E-state index contributed by atoms with van der Waals surface area (Å²) in [6.45, 7) is 1.86. The Morgan fingerprint density at radius 3 is 2.56 bits per heavy atom. The fourth-order valence-electron chi connectivity index (χ4n) is 3.38. The average molecular weight is 482 g/mol. The van der Waals surface area contributed by atoms with Gasteiger partial charge in [0.15, 0.2) is 5.13 Å². The van der Waals surface area contributed by atoms with Crippen LogP contribution in [0.1, 0.15) is 58.8 Å². The highest BCUT2D eigenvalue weighted by Gasteiger charge is 2.25. The smallest absolute Gasteiger partial charge is 0.212 e. The molecule has 0 atom stereocenters. The van der Waals surface area contributed by atoms with Crippen molar-refractivity contribution in [2.45, 2.75) is 50.8 Å². The van der Waals surface area contributed by atoms with Crippen LogP contribution < -0.4 is 16.2 Å². The van der Waals surface area contributed by atoms with Gasteiger partial charge in [-0.05, 0) is 31.9 Å². The number of aryl methyl sites for hydroxylation is 1. The minimum absolute atomic E-state index is 0.000891. The second kappa shape index (κ2) is 11.4. The zero-order valence-electron chi connectivity index (χ0n) is 17.6. The highest BCUT2D eigenvalue weighted by molar-refractivity contribution is 7.96. The molecule has 0 unspecified atom stereocenters. The third kappa shape index (κ3) is 6.27. The molecule has 1 aliphatic carbocycles. The molecule has 0 bridgehead atoms. The van der Waals surface area contributed by atoms with E-state index < -0.39 is 23.0 Å². The standard InChI is InChI=1S/C16H17F2N3OS.C5H8N2OS/c17-10-7-4-8-11(18)12(10)13(22)14-15(19)21-16(23-14)20-9-5-2-1-3-6-9;1-4-2-5(3-9-6)7-8-4/h4,7-9H,1-3,5-6,19H2,(H,20,21);2H,3,6H2,1H3. The molecule has 1 fully saturated rings. The molecule has 32 heavy (non-hydrogen) atoms. The highest BCUT2D eigenvalue weighted by atomic mass is 32.2. The van der Waals surface area contributed by atoms with E-state index in [9.17, 15) is 13.6 Å². The summed E-state index contributed by atoms with van der Waals surface area (Å²) in [6.07, 6.45) is 5.64. The number of nitrogen functional groups attached to an aromatic ring is 1. The van der Waals surface area contributed by atoms with E-state index in [4.69, 9.17) is 15.4 Å². The van der Waals surface area contributed by atoms with Gasteiger partial charge in [-0.3, -0.25) is 9.93 Å². The SMILES string of the molecule is Cc1cc(CSN)no1.Nc1nc(NC2CCCCC2)sc1C(=O)c1c(F)cccc1F. The summed E-state index contributed by atoms with van der Waals surface area (Å²) in [7, 11) is 0. The maximum absolute atomic E-state index is 13.8. The molecule has 1 aliphatic rings. The molecule has 2 aromatic heterocycles. The Kier molecular flexibility index (Phi) is 8.60. The van der Waals surface area contributed by atoms with Crippen molar-refractivity contribution in [2.24, 2.45) is 5.14 Å². The fourth-order valence-corrected chi connectivity index (χ4v) is 4.59. The predicted molar refractivity (Wildman–Crippen MR) is 124 cm³/mol. The largest absolute Gasteiger partial charge is 0.382 e. The van der Waals surface area contributed by atoms with Crippen LogP contribution in [0, 0.1) is 18.6 Å². The molecule has 0 amide bonds. The van der Waals surface area contributed by atoms with Crippen LogP contribution in [0.15, 0.2) is 28.8 Å². The van der Waals surface area contributed by atoms with Crippen LogP contribution in [0.3, 0.4) is 0 Å². The molecule has 4 rings (SSSR count). The Bertz CT molecular complexity index is 1030. The first-order valence-electron chi connectivity index (χ1n) is 10.1. The van der Waals surface area contributed by atoms with Crippen molar-refractivity contribution in [3.63, 3.8) is 0 Å². The molecule has 2 heterocycles. The monoisotopic (exact) mass is 481 g/mol. The zero-order chi connectivity index (χ0) is 23.1. The number of anilines is 2. The van der Waals surface area contributed by atoms with E-state index in [1.807, 2.05) is 13.0 Å². The number of hydrogen-bond acceptors (Lipinski definition) is 9. The number of halogens is 2. The van der Waals surface area contributed by atoms with E-state index >= 15 is 0 Å². The number of carbonyl (C=O) groups is 1. The van der Waals surface area contributed by atoms with E-state index in [1.165, 1.54) is 24.4 Å². The van der Waals surface area contributed by atoms with Crippen LogP contribution in [-0.2, 0) is 5.75 Å². The number of nitrogens with two attached hydrogens (primary N) is 2. The normalized spacial score (nSPS) is 14.0. The second-order valence-corrected chi connectivity index (χ2v) is 9.00. The zero-order valence-corrected chi connectivity index (χ0v) is 19.2. The van der Waals surface area contributed by atoms with Crippen molar-refractivity contribution < 1.29 is 18.1 Å². The van der Waals surface area contributed by atoms with Gasteiger partial charge in [-0.25, -0.2) is 13.8 Å². The van der Waals surface area contributed by atoms with Crippen molar-refractivity contribution in [2.75, 3.05) is 11.1 Å². The summed E-state index contributed by atoms with van der Waals surface area (Å²) in [5.74, 6) is -1.02. The molecule has 7 nitrogen and oxygen atoms in total. The summed E-state index contributed by atoms with van der Waals surface area (Å²) < 4.78 is 32.3. The minimum atomic E-state index is -0.899. The first kappa shape index (κ1) is 24.1. The van der Waals surface area contributed by atoms with Crippen molar-refractivity contribution in [3.05, 3.63) is 57.8 Å². The molecule has 5 N–H and O–H groups in total. The van der Waals surface area contributed by atoms with Crippen molar-refractivity contribution >= 4 is 40.0 Å². The van der Waals surface area contributed by atoms with E-state index in [0.717, 1.165) is 66.4 Å². The van der Waals surface area contributed by atoms with Gasteiger partial charge in [0, 0.05) is 12.1 Å². The number of ketones is 1. The summed E-state index contributed by atoms with van der Waals surface area (Å²) in [4.78, 5) is 16.6. The van der Waals surface area contributed by atoms with Gasteiger partial charge in [0.25, 0.3) is 0 Å². The third-order valence-corrected chi connectivity index (χ3v) is 6.35. The van der Waals surface area contributed by atoms with Crippen LogP contribution in [0.5, 0.6) is 0 Å². The molecule has 0 spiro atoms. The number of benzene rings is 1. The van der Waals surface area contributed by atoms with Gasteiger partial charge in [0.2, 0.25) is 5.78 Å². The Balaban J connectivity index is 0.000000269. The van der Waals surface area contributed by atoms with Crippen LogP contribution in [0.25, 0.3) is 0 Å². The topological polar surface area (TPSA) is 120 Å². The van der Waals surface area contributed by atoms with E-state index in [0.29, 0.717) is 11.2 Å². The summed E-state index contributed by atoms with van der Waals surface area (Å²) in [5.41, 5.74) is 6.09. The lowest BCUT2D eigenvalue weighted by atomic mass is 9.96. The lowest BCUT2D eigenvalue weighted by Crippen LogP contribution is -2.22. The number of aromatic nitrogens is 2. The summed E-state index contributed by atoms with van der Waals surface area (Å²) >= 11 is 2.29. The highest BCUT2D eigenvalue weighted by Crippen LogP contribution is 2.31. The maximum atomic E-state index is 13.8. The van der Waals surface area contributed by atoms with Gasteiger partial charge in [-0.15, -0.1) is 0 Å². The van der Waals surface area contributed by atoms with Crippen LogP contribution in [0.4, 0.5) is 19.7 Å². The number of carbonyl (C=O) groups excluding carboxylic acids is 1. The first-order valence-corrected chi connectivity index (χ1v) is 12.0. The molecule has 0 radical (unpaired) electrons. The quantitative estimate of drug-likeness (QED) is 0.330. The number of rotatable bonds is 6. The van der Waals surface area contributed by atoms with Gasteiger partial charge >= 0.3 is 0 Å². The third-order valence-electron chi connectivity index (χ3n) is 4.89. The molecular formula is C21H25F2N5O2S2. The molecule has 1 saturated carbocycles. The number of nitrogens with one attached hydrogen (secondary N) is 1. The molecular weight excluding hydrogens is 456 g/mol. The van der Waals surface area contributed by atoms with Crippen molar-refractivity contribution in [1.82, 2.24) is 10.1 Å². The second-order valence-electron chi connectivity index (χ2n) is 7.38. The minimum Gasteiger partial charge on any atom is -0.382 e. The van der Waals surface area contributed by atoms with Gasteiger partial charge in [-0.2, -0.15) is 0 Å². The Hall–Kier alpha value is -2.50. The lowest BCUT2D eigenvalue weighted by molar-refractivity contribution is 0.103. The molecule has 1 aromatic carbocycles. The number of nitrogens with zero attached hydrogens (tertiary/aromatic N) is 2. The lowest BCUT2D eigenvalue weighted by Gasteiger charge is -2.22.